The third-order valence-corrected chi connectivity index (χ3v) is 10.2. The first-order valence-corrected chi connectivity index (χ1v) is 12.6. The second kappa shape index (κ2) is 7.64. The molecule has 0 radical (unpaired) electrons. The highest BCUT2D eigenvalue weighted by atomic mass is 16.7. The first kappa shape index (κ1) is 20.5. The van der Waals surface area contributed by atoms with Crippen LogP contribution in [0, 0.1) is 34.5 Å². The summed E-state index contributed by atoms with van der Waals surface area (Å²) in [6, 6.07) is 0. The van der Waals surface area contributed by atoms with Crippen LogP contribution in [0.3, 0.4) is 0 Å². The average Bonchev–Trinajstić information content (AvgIpc) is 3.06. The van der Waals surface area contributed by atoms with Crippen molar-refractivity contribution in [2.75, 3.05) is 6.61 Å². The second-order valence-corrected chi connectivity index (χ2v) is 11.5. The first-order valence-electron chi connectivity index (χ1n) is 12.6. The molecule has 29 heavy (non-hydrogen) atoms. The molecule has 0 bridgehead atoms. The summed E-state index contributed by atoms with van der Waals surface area (Å²) in [6.45, 7) is 7.98. The molecule has 0 aromatic heterocycles. The Kier molecular flexibility index (Phi) is 5.40. The van der Waals surface area contributed by atoms with E-state index in [1.165, 1.54) is 57.8 Å². The molecule has 3 heteroatoms. The predicted molar refractivity (Wildman–Crippen MR) is 115 cm³/mol. The van der Waals surface area contributed by atoms with Crippen LogP contribution in [0.2, 0.25) is 0 Å². The minimum Gasteiger partial charge on any atom is -0.393 e. The summed E-state index contributed by atoms with van der Waals surface area (Å²) in [6.07, 6.45) is 16.5. The van der Waals surface area contributed by atoms with Crippen LogP contribution in [0.5, 0.6) is 0 Å². The van der Waals surface area contributed by atoms with Gasteiger partial charge in [0.15, 0.2) is 6.29 Å². The van der Waals surface area contributed by atoms with E-state index in [9.17, 15) is 5.11 Å². The van der Waals surface area contributed by atoms with Gasteiger partial charge in [0.05, 0.1) is 12.2 Å². The van der Waals surface area contributed by atoms with Crippen molar-refractivity contribution in [2.24, 2.45) is 34.5 Å². The molecule has 0 aromatic carbocycles. The van der Waals surface area contributed by atoms with E-state index in [2.05, 4.69) is 19.9 Å². The van der Waals surface area contributed by atoms with Gasteiger partial charge in [0.2, 0.25) is 0 Å². The number of rotatable bonds is 3. The van der Waals surface area contributed by atoms with Gasteiger partial charge in [-0.15, -0.1) is 0 Å². The van der Waals surface area contributed by atoms with Crippen LogP contribution in [-0.4, -0.2) is 30.2 Å². The van der Waals surface area contributed by atoms with Gasteiger partial charge in [0.1, 0.15) is 0 Å². The van der Waals surface area contributed by atoms with Crippen molar-refractivity contribution in [1.29, 1.82) is 0 Å². The number of ether oxygens (including phenoxy) is 2. The Labute approximate surface area is 177 Å². The fourth-order valence-corrected chi connectivity index (χ4v) is 8.61. The molecule has 0 spiro atoms. The monoisotopic (exact) mass is 402 g/mol. The van der Waals surface area contributed by atoms with E-state index >= 15 is 0 Å². The molecule has 9 atom stereocenters. The van der Waals surface area contributed by atoms with Gasteiger partial charge < -0.3 is 14.6 Å². The van der Waals surface area contributed by atoms with Crippen molar-refractivity contribution in [1.82, 2.24) is 0 Å². The van der Waals surface area contributed by atoms with Crippen LogP contribution >= 0.6 is 0 Å². The minimum atomic E-state index is -0.151. The zero-order chi connectivity index (χ0) is 20.2. The van der Waals surface area contributed by atoms with Crippen molar-refractivity contribution < 1.29 is 14.6 Å². The number of aliphatic hydroxyl groups excluding tert-OH is 1. The fraction of sp³-hybridized carbons (Fsp3) is 0.923. The lowest BCUT2D eigenvalue weighted by Crippen LogP contribution is -2.51. The van der Waals surface area contributed by atoms with Crippen LogP contribution in [0.4, 0.5) is 0 Å². The normalized spacial score (nSPS) is 50.8. The van der Waals surface area contributed by atoms with Gasteiger partial charge in [-0.25, -0.2) is 0 Å². The summed E-state index contributed by atoms with van der Waals surface area (Å²) in [7, 11) is 0. The van der Waals surface area contributed by atoms with Gasteiger partial charge in [-0.2, -0.15) is 0 Å². The molecule has 1 heterocycles. The molecule has 4 fully saturated rings. The third-order valence-electron chi connectivity index (χ3n) is 10.2. The number of hydrogen-bond donors (Lipinski definition) is 1. The number of fused-ring (bicyclic) bond motifs is 5. The lowest BCUT2D eigenvalue weighted by atomic mass is 9.47. The van der Waals surface area contributed by atoms with E-state index in [1.54, 1.807) is 5.57 Å². The predicted octanol–water partition coefficient (Wildman–Crippen LogP) is 5.86. The van der Waals surface area contributed by atoms with Crippen LogP contribution < -0.4 is 0 Å². The lowest BCUT2D eigenvalue weighted by Gasteiger charge is -2.58. The van der Waals surface area contributed by atoms with Gasteiger partial charge in [0, 0.05) is 6.61 Å². The highest BCUT2D eigenvalue weighted by Crippen LogP contribution is 2.66. The number of hydrogen-bond acceptors (Lipinski definition) is 3. The maximum Gasteiger partial charge on any atom is 0.157 e. The highest BCUT2D eigenvalue weighted by Gasteiger charge is 2.59. The second-order valence-electron chi connectivity index (χ2n) is 11.5. The van der Waals surface area contributed by atoms with E-state index in [0.717, 1.165) is 37.2 Å². The van der Waals surface area contributed by atoms with Crippen molar-refractivity contribution in [2.45, 2.75) is 110 Å². The van der Waals surface area contributed by atoms with E-state index in [1.807, 2.05) is 6.92 Å². The fourth-order valence-electron chi connectivity index (χ4n) is 8.61. The number of aliphatic hydroxyl groups is 1. The van der Waals surface area contributed by atoms with Crippen molar-refractivity contribution in [3.05, 3.63) is 11.6 Å². The third kappa shape index (κ3) is 3.34. The summed E-state index contributed by atoms with van der Waals surface area (Å²) in [5, 5.41) is 10.4. The summed E-state index contributed by atoms with van der Waals surface area (Å²) >= 11 is 0. The largest absolute Gasteiger partial charge is 0.393 e. The average molecular weight is 403 g/mol. The van der Waals surface area contributed by atoms with Gasteiger partial charge in [-0.05, 0) is 112 Å². The Hall–Kier alpha value is -0.380. The Morgan fingerprint density at radius 1 is 1.07 bits per heavy atom. The standard InChI is InChI=1S/C26H42O3/c1-17(27)21-9-10-22-20-8-7-18-16-19(29-24-6-4-5-15-28-24)11-13-25(18,2)23(20)12-14-26(21,22)3/h7,17,19-24,27H,4-6,8-16H2,1-3H3/t17-,19-,20-,21+,22-,23-,24?,25-,26+/m0/s1. The highest BCUT2D eigenvalue weighted by molar-refractivity contribution is 5.25. The SMILES string of the molecule is C[C@H](O)[C@H]1CC[C@H]2[C@@H]3CC=C4C[C@@H](OC5CCCCO5)CC[C@]4(C)[C@H]3CC[C@]12C. The Morgan fingerprint density at radius 3 is 2.69 bits per heavy atom. The summed E-state index contributed by atoms with van der Waals surface area (Å²) in [5.41, 5.74) is 2.43. The molecule has 1 aliphatic heterocycles. The zero-order valence-corrected chi connectivity index (χ0v) is 18.9. The minimum absolute atomic E-state index is 0.0429. The molecule has 5 aliphatic rings. The molecule has 0 aromatic rings. The summed E-state index contributed by atoms with van der Waals surface area (Å²) in [5.74, 6) is 2.97. The molecule has 4 aliphatic carbocycles. The molecular weight excluding hydrogens is 360 g/mol. The number of allylic oxidation sites excluding steroid dienone is 1. The Morgan fingerprint density at radius 2 is 1.93 bits per heavy atom. The quantitative estimate of drug-likeness (QED) is 0.601. The first-order chi connectivity index (χ1) is 13.9. The topological polar surface area (TPSA) is 38.7 Å². The molecule has 164 valence electrons. The van der Waals surface area contributed by atoms with Gasteiger partial charge in [-0.3, -0.25) is 0 Å². The Balaban J connectivity index is 1.31. The van der Waals surface area contributed by atoms with Crippen molar-refractivity contribution in [3.8, 4) is 0 Å². The molecule has 0 amide bonds. The molecule has 5 rings (SSSR count). The van der Waals surface area contributed by atoms with Gasteiger partial charge >= 0.3 is 0 Å². The van der Waals surface area contributed by atoms with Crippen molar-refractivity contribution in [3.63, 3.8) is 0 Å². The van der Waals surface area contributed by atoms with Gasteiger partial charge in [-0.1, -0.05) is 25.5 Å². The van der Waals surface area contributed by atoms with E-state index < -0.39 is 0 Å². The summed E-state index contributed by atoms with van der Waals surface area (Å²) < 4.78 is 12.3. The van der Waals surface area contributed by atoms with Crippen LogP contribution in [0.15, 0.2) is 11.6 Å². The van der Waals surface area contributed by atoms with E-state index in [-0.39, 0.29) is 12.4 Å². The maximum absolute atomic E-state index is 10.4. The zero-order valence-electron chi connectivity index (χ0n) is 18.9. The Bertz CT molecular complexity index is 636. The van der Waals surface area contributed by atoms with Crippen molar-refractivity contribution >= 4 is 0 Å². The van der Waals surface area contributed by atoms with Crippen LogP contribution in [-0.2, 0) is 9.47 Å². The smallest absolute Gasteiger partial charge is 0.157 e. The molecule has 3 saturated carbocycles. The molecule has 3 nitrogen and oxygen atoms in total. The van der Waals surface area contributed by atoms with Gasteiger partial charge in [0.25, 0.3) is 0 Å². The van der Waals surface area contributed by atoms with Crippen LogP contribution in [0.25, 0.3) is 0 Å². The molecule has 1 N–H and O–H groups in total. The lowest BCUT2D eigenvalue weighted by molar-refractivity contribution is -0.195. The molecule has 1 saturated heterocycles. The van der Waals surface area contributed by atoms with Crippen LogP contribution in [0.1, 0.15) is 91.4 Å². The molecule has 1 unspecified atom stereocenters. The summed E-state index contributed by atoms with van der Waals surface area (Å²) in [4.78, 5) is 0. The van der Waals surface area contributed by atoms with E-state index in [4.69, 9.17) is 9.47 Å². The van der Waals surface area contributed by atoms with E-state index in [0.29, 0.717) is 22.9 Å². The maximum atomic E-state index is 10.4. The molecular formula is C26H42O3.